The van der Waals surface area contributed by atoms with Gasteiger partial charge in [-0.3, -0.25) is 39.1 Å². The second-order valence-corrected chi connectivity index (χ2v) is 17.2. The molecule has 3 aromatic rings. The number of amides is 5. The minimum absolute atomic E-state index is 0.0925. The van der Waals surface area contributed by atoms with Crippen LogP contribution in [0.3, 0.4) is 0 Å². The second-order valence-electron chi connectivity index (χ2n) is 16.8. The third-order valence-electron chi connectivity index (χ3n) is 13.5. The molecule has 0 aromatic heterocycles. The van der Waals surface area contributed by atoms with Crippen LogP contribution >= 0.6 is 11.6 Å². The van der Waals surface area contributed by atoms with Crippen LogP contribution in [-0.2, 0) is 22.7 Å². The Balaban J connectivity index is 0.720. The van der Waals surface area contributed by atoms with E-state index in [9.17, 15) is 29.2 Å². The fourth-order valence-corrected chi connectivity index (χ4v) is 10.2. The van der Waals surface area contributed by atoms with Crippen molar-refractivity contribution < 1.29 is 24.0 Å². The number of hydrogen-bond acceptors (Lipinski definition) is 9. The van der Waals surface area contributed by atoms with E-state index in [0.717, 1.165) is 117 Å². The highest BCUT2D eigenvalue weighted by molar-refractivity contribution is 6.32. The summed E-state index contributed by atoms with van der Waals surface area (Å²) in [5.74, 6) is -1.31. The Kier molecular flexibility index (Phi) is 9.77. The average Bonchev–Trinajstić information content (AvgIpc) is 3.90. The number of carbonyl (C=O) groups is 5. The third-order valence-corrected chi connectivity index (χ3v) is 13.8. The molecule has 3 aromatic carbocycles. The maximum Gasteiger partial charge on any atom is 0.262 e. The van der Waals surface area contributed by atoms with Gasteiger partial charge in [0.15, 0.2) is 0 Å². The summed E-state index contributed by atoms with van der Waals surface area (Å²) in [4.78, 5) is 74.3. The van der Waals surface area contributed by atoms with Crippen LogP contribution in [0.15, 0.2) is 54.6 Å². The molecule has 1 atom stereocenters. The average molecular weight is 788 g/mol. The smallest absolute Gasteiger partial charge is 0.262 e. The number of piperidine rings is 3. The van der Waals surface area contributed by atoms with Gasteiger partial charge in [0.2, 0.25) is 11.8 Å². The quantitative estimate of drug-likeness (QED) is 0.314. The molecule has 12 nitrogen and oxygen atoms in total. The molecule has 1 spiro atoms. The Labute approximate surface area is 337 Å². The predicted octanol–water partition coefficient (Wildman–Crippen LogP) is 5.37. The largest absolute Gasteiger partial charge is 0.371 e. The molecule has 6 aliphatic heterocycles. The van der Waals surface area contributed by atoms with E-state index in [1.54, 1.807) is 0 Å². The van der Waals surface area contributed by atoms with Gasteiger partial charge in [-0.05, 0) is 129 Å². The van der Waals surface area contributed by atoms with Crippen LogP contribution in [0.25, 0.3) is 0 Å². The molecule has 0 radical (unpaired) electrons. The number of nitrogens with zero attached hydrogens (tertiary/aromatic N) is 6. The lowest BCUT2D eigenvalue weighted by Gasteiger charge is -2.40. The van der Waals surface area contributed by atoms with E-state index in [0.29, 0.717) is 40.7 Å². The van der Waals surface area contributed by atoms with E-state index in [1.165, 1.54) is 0 Å². The molecule has 4 saturated heterocycles. The maximum atomic E-state index is 13.5. The molecule has 5 amide bonds. The first-order valence-electron chi connectivity index (χ1n) is 20.3. The Hall–Kier alpha value is -5.25. The minimum atomic E-state index is -0.961. The Bertz CT molecular complexity index is 2160. The molecule has 13 heteroatoms. The summed E-state index contributed by atoms with van der Waals surface area (Å²) in [7, 11) is 0. The topological polar surface area (TPSA) is 137 Å². The van der Waals surface area contributed by atoms with Gasteiger partial charge in [0.1, 0.15) is 12.1 Å². The van der Waals surface area contributed by atoms with Crippen LogP contribution in [0.4, 0.5) is 11.4 Å². The molecule has 6 aliphatic rings. The van der Waals surface area contributed by atoms with Crippen molar-refractivity contribution in [1.82, 2.24) is 20.0 Å². The normalized spacial score (nSPS) is 22.3. The van der Waals surface area contributed by atoms with Gasteiger partial charge < -0.3 is 14.7 Å². The predicted molar refractivity (Wildman–Crippen MR) is 214 cm³/mol. The first kappa shape index (κ1) is 37.3. The van der Waals surface area contributed by atoms with Gasteiger partial charge in [-0.25, -0.2) is 0 Å². The summed E-state index contributed by atoms with van der Waals surface area (Å²) in [6, 6.07) is 18.7. The van der Waals surface area contributed by atoms with Crippen molar-refractivity contribution in [1.29, 1.82) is 5.26 Å². The zero-order valence-electron chi connectivity index (χ0n) is 32.0. The van der Waals surface area contributed by atoms with Crippen molar-refractivity contribution >= 4 is 52.5 Å². The monoisotopic (exact) mass is 787 g/mol. The van der Waals surface area contributed by atoms with Crippen LogP contribution < -0.4 is 15.1 Å². The van der Waals surface area contributed by atoms with Crippen molar-refractivity contribution in [2.24, 2.45) is 11.3 Å². The molecule has 1 N–H and O–H groups in total. The summed E-state index contributed by atoms with van der Waals surface area (Å²) in [5.41, 5.74) is 6.51. The van der Waals surface area contributed by atoms with E-state index in [1.807, 2.05) is 47.4 Å². The maximum absolute atomic E-state index is 13.5. The summed E-state index contributed by atoms with van der Waals surface area (Å²) < 4.78 is 0. The fraction of sp³-hybridized carbons (Fsp3) is 0.455. The van der Waals surface area contributed by atoms with Gasteiger partial charge in [0, 0.05) is 75.7 Å². The van der Waals surface area contributed by atoms with Crippen LogP contribution in [-0.4, -0.2) is 96.1 Å². The lowest BCUT2D eigenvalue weighted by atomic mass is 9.77. The molecular weight excluding hydrogens is 742 g/mol. The summed E-state index contributed by atoms with van der Waals surface area (Å²) in [6.07, 6.45) is 6.57. The molecule has 57 heavy (non-hydrogen) atoms. The number of anilines is 2. The van der Waals surface area contributed by atoms with Crippen molar-refractivity contribution in [3.8, 4) is 6.07 Å². The molecule has 6 heterocycles. The van der Waals surface area contributed by atoms with Crippen LogP contribution in [0, 0.1) is 22.7 Å². The summed E-state index contributed by atoms with van der Waals surface area (Å²) >= 11 is 6.33. The highest BCUT2D eigenvalue weighted by Gasteiger charge is 2.46. The molecule has 294 valence electrons. The lowest BCUT2D eigenvalue weighted by molar-refractivity contribution is -0.136. The zero-order chi connectivity index (χ0) is 39.4. The van der Waals surface area contributed by atoms with E-state index < -0.39 is 23.8 Å². The van der Waals surface area contributed by atoms with Gasteiger partial charge in [0.05, 0.1) is 21.7 Å². The van der Waals surface area contributed by atoms with Gasteiger partial charge >= 0.3 is 0 Å². The van der Waals surface area contributed by atoms with Crippen LogP contribution in [0.2, 0.25) is 5.02 Å². The Morgan fingerprint density at radius 1 is 0.807 bits per heavy atom. The SMILES string of the molecule is N#Cc1ccc(N2CCC3(CCN(c4ccc(C(=O)N5CCC(CCN6Cc7cc8c(cc7C6)C(=O)N(C6CCC(=O)NC6=O)C8=O)CC5)cc4)CC3)C2)cc1Cl. The molecular formula is C44H46ClN7O5. The van der Waals surface area contributed by atoms with Crippen LogP contribution in [0.5, 0.6) is 0 Å². The Morgan fingerprint density at radius 2 is 1.44 bits per heavy atom. The highest BCUT2D eigenvalue weighted by atomic mass is 35.5. The number of benzene rings is 3. The molecule has 0 aliphatic carbocycles. The number of likely N-dealkylation sites (tertiary alicyclic amines) is 1. The number of halogens is 1. The standard InChI is InChI=1S/C44H46ClN7O5/c45-37-23-34(6-3-30(37)24-46)51-20-14-44(27-51)12-18-49(19-13-44)33-4-1-29(2-5-33)41(55)50-16-10-28(11-17-50)9-15-48-25-31-21-35-36(22-32(31)26-48)43(57)52(42(35)56)38-7-8-39(53)47-40(38)54/h1-6,21-23,28,38H,7-20,25-27H2,(H,47,53,54). The van der Waals surface area contributed by atoms with Gasteiger partial charge in [-0.2, -0.15) is 5.26 Å². The number of fused-ring (bicyclic) bond motifs is 2. The van der Waals surface area contributed by atoms with E-state index >= 15 is 0 Å². The van der Waals surface area contributed by atoms with E-state index in [4.69, 9.17) is 11.6 Å². The number of nitrogens with one attached hydrogen (secondary N) is 1. The van der Waals surface area contributed by atoms with E-state index in [2.05, 4.69) is 38.2 Å². The van der Waals surface area contributed by atoms with Gasteiger partial charge in [0.25, 0.3) is 17.7 Å². The van der Waals surface area contributed by atoms with Gasteiger partial charge in [-0.1, -0.05) is 11.6 Å². The number of imide groups is 2. The first-order valence-corrected chi connectivity index (χ1v) is 20.6. The first-order chi connectivity index (χ1) is 27.6. The molecule has 1 unspecified atom stereocenters. The lowest BCUT2D eigenvalue weighted by Crippen LogP contribution is -2.54. The number of rotatable bonds is 7. The second kappa shape index (κ2) is 14.9. The summed E-state index contributed by atoms with van der Waals surface area (Å²) in [5, 5.41) is 12.0. The zero-order valence-corrected chi connectivity index (χ0v) is 32.7. The van der Waals surface area contributed by atoms with Crippen molar-refractivity contribution in [3.05, 3.63) is 93.0 Å². The van der Waals surface area contributed by atoms with Gasteiger partial charge in [-0.15, -0.1) is 0 Å². The number of carbonyl (C=O) groups excluding carboxylic acids is 5. The van der Waals surface area contributed by atoms with E-state index in [-0.39, 0.29) is 30.1 Å². The number of hydrogen-bond donors (Lipinski definition) is 1. The molecule has 9 rings (SSSR count). The summed E-state index contributed by atoms with van der Waals surface area (Å²) in [6.45, 7) is 7.74. The minimum Gasteiger partial charge on any atom is -0.371 e. The Morgan fingerprint density at radius 3 is 2.05 bits per heavy atom. The van der Waals surface area contributed by atoms with Crippen molar-refractivity contribution in [2.45, 2.75) is 70.5 Å². The fourth-order valence-electron chi connectivity index (χ4n) is 9.98. The highest BCUT2D eigenvalue weighted by Crippen LogP contribution is 2.43. The molecule has 0 saturated carbocycles. The number of nitriles is 1. The van der Waals surface area contributed by atoms with Crippen molar-refractivity contribution in [3.63, 3.8) is 0 Å². The van der Waals surface area contributed by atoms with Crippen LogP contribution in [0.1, 0.15) is 99.1 Å². The molecule has 4 fully saturated rings. The third kappa shape index (κ3) is 7.06. The van der Waals surface area contributed by atoms with Crippen molar-refractivity contribution in [2.75, 3.05) is 55.6 Å². The molecule has 0 bridgehead atoms.